The fraction of sp³-hybridized carbons (Fsp3) is 0.571. The first-order valence-corrected chi connectivity index (χ1v) is 15.8. The van der Waals surface area contributed by atoms with Crippen LogP contribution in [-0.4, -0.2) is 26.5 Å². The van der Waals surface area contributed by atoms with E-state index >= 15 is 0 Å². The van der Waals surface area contributed by atoms with Gasteiger partial charge in [0.2, 0.25) is 0 Å². The minimum atomic E-state index is -3.57. The zero-order valence-corrected chi connectivity index (χ0v) is 22.1. The van der Waals surface area contributed by atoms with Crippen LogP contribution in [0.3, 0.4) is 0 Å². The van der Waals surface area contributed by atoms with Gasteiger partial charge in [-0.25, -0.2) is 0 Å². The van der Waals surface area contributed by atoms with E-state index < -0.39 is 10.1 Å². The Morgan fingerprint density at radius 2 is 1.18 bits per heavy atom. The number of benzene rings is 2. The average molecular weight is 492 g/mol. The second-order valence-electron chi connectivity index (χ2n) is 8.69. The molecular weight excluding hydrogens is 448 g/mol. The lowest BCUT2D eigenvalue weighted by molar-refractivity contribution is 0.306. The van der Waals surface area contributed by atoms with E-state index in [0.717, 1.165) is 12.8 Å². The molecule has 0 bridgehead atoms. The molecule has 0 amide bonds. The summed E-state index contributed by atoms with van der Waals surface area (Å²) in [6, 6.07) is 19.3. The van der Waals surface area contributed by atoms with E-state index in [1.807, 2.05) is 0 Å². The normalized spacial score (nSPS) is 14.1. The Morgan fingerprint density at radius 3 is 1.73 bits per heavy atom. The third-order valence-electron chi connectivity index (χ3n) is 5.88. The molecule has 1 saturated heterocycles. The zero-order chi connectivity index (χ0) is 23.6. The van der Waals surface area contributed by atoms with E-state index in [1.165, 1.54) is 75.7 Å². The number of hydrogen-bond donors (Lipinski definition) is 0. The van der Waals surface area contributed by atoms with Crippen molar-refractivity contribution in [1.82, 2.24) is 0 Å². The number of unbranched alkanes of at least 4 members (excludes halogenated alkanes) is 9. The molecule has 0 aliphatic carbocycles. The average Bonchev–Trinajstić information content (AvgIpc) is 3.39. The molecule has 1 aliphatic heterocycles. The summed E-state index contributed by atoms with van der Waals surface area (Å²) < 4.78 is 28.8. The summed E-state index contributed by atoms with van der Waals surface area (Å²) in [6.07, 6.45) is 15.1. The first-order valence-electron chi connectivity index (χ1n) is 12.8. The van der Waals surface area contributed by atoms with Crippen molar-refractivity contribution in [1.29, 1.82) is 0 Å². The van der Waals surface area contributed by atoms with E-state index in [0.29, 0.717) is 10.9 Å². The summed E-state index contributed by atoms with van der Waals surface area (Å²) in [6.45, 7) is 2.52. The minimum Gasteiger partial charge on any atom is -0.266 e. The van der Waals surface area contributed by atoms with Crippen LogP contribution in [0.15, 0.2) is 70.5 Å². The molecule has 1 aliphatic rings. The second kappa shape index (κ2) is 17.2. The smallest absolute Gasteiger partial charge is 0.266 e. The lowest BCUT2D eigenvalue weighted by Gasteiger charge is -2.05. The molecule has 3 rings (SSSR count). The van der Waals surface area contributed by atoms with Crippen molar-refractivity contribution in [2.75, 3.05) is 18.1 Å². The van der Waals surface area contributed by atoms with Gasteiger partial charge in [-0.2, -0.15) is 8.42 Å². The molecule has 0 radical (unpaired) electrons. The van der Waals surface area contributed by atoms with Crippen LogP contribution in [-0.2, 0) is 25.2 Å². The van der Waals surface area contributed by atoms with Crippen molar-refractivity contribution >= 4 is 21.0 Å². The lowest BCUT2D eigenvalue weighted by Crippen LogP contribution is -2.07. The molecule has 0 unspecified atom stereocenters. The van der Waals surface area contributed by atoms with Gasteiger partial charge in [0.15, 0.2) is 4.90 Å². The first kappa shape index (κ1) is 27.9. The van der Waals surface area contributed by atoms with Crippen LogP contribution in [0.1, 0.15) is 84.0 Å². The van der Waals surface area contributed by atoms with Crippen LogP contribution in [0, 0.1) is 0 Å². The van der Waals surface area contributed by atoms with Crippen molar-refractivity contribution in [3.05, 3.63) is 60.7 Å². The lowest BCUT2D eigenvalue weighted by atomic mass is 10.1. The molecule has 0 atom stereocenters. The van der Waals surface area contributed by atoms with Crippen LogP contribution in [0.4, 0.5) is 0 Å². The summed E-state index contributed by atoms with van der Waals surface area (Å²) in [5.74, 6) is 2.87. The molecule has 33 heavy (non-hydrogen) atoms. The Hall–Kier alpha value is -1.30. The van der Waals surface area contributed by atoms with Gasteiger partial charge in [-0.15, -0.1) is 0 Å². The van der Waals surface area contributed by atoms with Crippen LogP contribution in [0.5, 0.6) is 0 Å². The predicted molar refractivity (Wildman–Crippen MR) is 142 cm³/mol. The zero-order valence-electron chi connectivity index (χ0n) is 20.4. The summed E-state index contributed by atoms with van der Waals surface area (Å²) in [7, 11) is -2.96. The minimum absolute atomic E-state index is 0.238. The standard InChI is InChI=1S/C18H30O3S.C10H13S/c1-2-3-4-5-6-7-8-9-10-14-17-21-22(19,20)18-15-12-11-13-16-18;1-2-6-10(7-3-1)11-8-4-5-9-11/h11-13,15-16H,2-10,14,17H2,1H3;1-3,6-7H,4-5,8-9H2/q;+1. The van der Waals surface area contributed by atoms with E-state index in [1.54, 1.807) is 35.2 Å². The molecule has 184 valence electrons. The van der Waals surface area contributed by atoms with E-state index in [2.05, 4.69) is 37.3 Å². The van der Waals surface area contributed by atoms with Crippen molar-refractivity contribution in [2.24, 2.45) is 0 Å². The maximum atomic E-state index is 11.9. The SMILES string of the molecule is CCCCCCCCCCCCOS(=O)(=O)c1ccccc1.c1ccc([S+]2CCCC2)cc1. The predicted octanol–water partition coefficient (Wildman–Crippen LogP) is 7.77. The molecular formula is C28H43O3S2+. The van der Waals surface area contributed by atoms with Gasteiger partial charge in [-0.1, -0.05) is 101 Å². The van der Waals surface area contributed by atoms with Gasteiger partial charge in [-0.05, 0) is 43.5 Å². The first-order chi connectivity index (χ1) is 16.1. The van der Waals surface area contributed by atoms with E-state index in [9.17, 15) is 8.42 Å². The van der Waals surface area contributed by atoms with E-state index in [4.69, 9.17) is 4.18 Å². The Labute approximate surface area is 205 Å². The molecule has 5 heteroatoms. The number of hydrogen-bond acceptors (Lipinski definition) is 3. The largest absolute Gasteiger partial charge is 0.296 e. The van der Waals surface area contributed by atoms with Crippen molar-refractivity contribution in [3.63, 3.8) is 0 Å². The van der Waals surface area contributed by atoms with Gasteiger partial charge in [0, 0.05) is 10.9 Å². The Bertz CT molecular complexity index is 817. The molecule has 2 aromatic carbocycles. The van der Waals surface area contributed by atoms with Gasteiger partial charge in [0.05, 0.1) is 11.5 Å². The highest BCUT2D eigenvalue weighted by Crippen LogP contribution is 2.22. The summed E-state index contributed by atoms with van der Waals surface area (Å²) in [4.78, 5) is 1.81. The third-order valence-corrected chi connectivity index (χ3v) is 9.70. The monoisotopic (exact) mass is 491 g/mol. The third kappa shape index (κ3) is 12.1. The fourth-order valence-corrected chi connectivity index (χ4v) is 7.20. The van der Waals surface area contributed by atoms with Crippen LogP contribution in [0.25, 0.3) is 0 Å². The molecule has 3 nitrogen and oxygen atoms in total. The fourth-order valence-electron chi connectivity index (χ4n) is 3.92. The van der Waals surface area contributed by atoms with Crippen molar-refractivity contribution in [2.45, 2.75) is 93.8 Å². The van der Waals surface area contributed by atoms with Crippen molar-refractivity contribution in [3.8, 4) is 0 Å². The van der Waals surface area contributed by atoms with Gasteiger partial charge in [-0.3, -0.25) is 4.18 Å². The quantitative estimate of drug-likeness (QED) is 0.154. The maximum Gasteiger partial charge on any atom is 0.296 e. The topological polar surface area (TPSA) is 43.4 Å². The van der Waals surface area contributed by atoms with Gasteiger partial charge in [0.1, 0.15) is 11.5 Å². The molecule has 2 aromatic rings. The molecule has 0 spiro atoms. The van der Waals surface area contributed by atoms with Crippen LogP contribution >= 0.6 is 0 Å². The number of rotatable bonds is 14. The molecule has 0 N–H and O–H groups in total. The van der Waals surface area contributed by atoms with Crippen LogP contribution in [0.2, 0.25) is 0 Å². The summed E-state index contributed by atoms with van der Waals surface area (Å²) in [5.41, 5.74) is 0. The molecule has 0 saturated carbocycles. The van der Waals surface area contributed by atoms with Gasteiger partial charge < -0.3 is 0 Å². The highest BCUT2D eigenvalue weighted by Gasteiger charge is 2.25. The second-order valence-corrected chi connectivity index (χ2v) is 12.6. The van der Waals surface area contributed by atoms with E-state index in [-0.39, 0.29) is 11.5 Å². The van der Waals surface area contributed by atoms with Gasteiger partial charge in [0.25, 0.3) is 10.1 Å². The Balaban J connectivity index is 0.000000288. The highest BCUT2D eigenvalue weighted by molar-refractivity contribution is 7.97. The molecule has 0 aromatic heterocycles. The van der Waals surface area contributed by atoms with Crippen LogP contribution < -0.4 is 0 Å². The molecule has 1 fully saturated rings. The summed E-state index contributed by atoms with van der Waals surface area (Å²) in [5, 5.41) is 0. The Morgan fingerprint density at radius 1 is 0.697 bits per heavy atom. The Kier molecular flexibility index (Phi) is 14.5. The highest BCUT2D eigenvalue weighted by atomic mass is 32.2. The summed E-state index contributed by atoms with van der Waals surface area (Å²) >= 11 is 0. The van der Waals surface area contributed by atoms with Crippen molar-refractivity contribution < 1.29 is 12.6 Å². The molecule has 1 heterocycles. The maximum absolute atomic E-state index is 11.9. The van der Waals surface area contributed by atoms with Gasteiger partial charge >= 0.3 is 0 Å².